The molecule has 5 atom stereocenters. The molecule has 0 spiro atoms. The maximum atomic E-state index is 12.6. The number of esters is 2. The Hall–Kier alpha value is -2.64. The minimum Gasteiger partial charge on any atom is -0.480 e. The second-order valence-corrected chi connectivity index (χ2v) is 15.6. The van der Waals surface area contributed by atoms with E-state index in [1.807, 2.05) is 6.08 Å². The van der Waals surface area contributed by atoms with Crippen LogP contribution in [0.3, 0.4) is 0 Å². The van der Waals surface area contributed by atoms with Crippen molar-refractivity contribution in [2.24, 2.45) is 5.73 Å². The number of nitrogens with two attached hydrogens (primary N) is 1. The molecule has 0 rings (SSSR count). The van der Waals surface area contributed by atoms with Crippen LogP contribution in [-0.4, -0.2) is 82.3 Å². The van der Waals surface area contributed by atoms with Crippen molar-refractivity contribution in [3.63, 3.8) is 0 Å². The van der Waals surface area contributed by atoms with Crippen LogP contribution in [0, 0.1) is 0 Å². The molecule has 6 N–H and O–H groups in total. The Morgan fingerprint density at radius 1 is 0.643 bits per heavy atom. The average Bonchev–Trinajstić information content (AvgIpc) is 3.16. The van der Waals surface area contributed by atoms with Gasteiger partial charge in [-0.05, 0) is 38.5 Å². The lowest BCUT2D eigenvalue weighted by Crippen LogP contribution is -2.34. The Morgan fingerprint density at radius 3 is 1.75 bits per heavy atom. The number of phosphoric acid groups is 1. The molecule has 0 radical (unpaired) electrons. The van der Waals surface area contributed by atoms with E-state index in [0.29, 0.717) is 19.3 Å². The molecule has 0 aliphatic heterocycles. The molecule has 0 saturated carbocycles. The summed E-state index contributed by atoms with van der Waals surface area (Å²) in [5.41, 5.74) is 5.31. The Balaban J connectivity index is 4.65. The summed E-state index contributed by atoms with van der Waals surface area (Å²) in [5.74, 6) is -2.65. The number of ether oxygens (including phenoxy) is 2. The van der Waals surface area contributed by atoms with Gasteiger partial charge in [0.25, 0.3) is 0 Å². The van der Waals surface area contributed by atoms with Crippen LogP contribution >= 0.6 is 7.82 Å². The number of aliphatic carboxylic acids is 1. The standard InChI is InChI=1S/C42H74NO12P/c1-3-5-7-9-11-12-13-14-15-16-17-19-25-31-41(47)55-38(34-53-56(50,51)54-35-39(43)42(48)49)33-52-40(46)32-26-30-37(45)29-24-21-20-23-28-36(44)27-22-18-10-8-6-4-2/h18,20-24,28-29,36-39,44-45H,3-17,19,25-27,30-35,43H2,1-2H3,(H,48,49)(H,50,51)/b21-20+,22-18-,28-23+,29-24-/t36-,37-,38-,39+/m1/s1. The quantitative estimate of drug-likeness (QED) is 0.0130. The molecule has 324 valence electrons. The van der Waals surface area contributed by atoms with Gasteiger partial charge in [0.1, 0.15) is 12.6 Å². The number of unbranched alkanes of at least 4 members (excludes halogenated alkanes) is 15. The van der Waals surface area contributed by atoms with E-state index < -0.39 is 69.9 Å². The highest BCUT2D eigenvalue weighted by molar-refractivity contribution is 7.47. The fourth-order valence-corrected chi connectivity index (χ4v) is 6.15. The first kappa shape index (κ1) is 53.4. The molecular formula is C42H74NO12P. The Kier molecular flexibility index (Phi) is 35.0. The summed E-state index contributed by atoms with van der Waals surface area (Å²) in [6.07, 6.45) is 32.4. The number of hydrogen-bond donors (Lipinski definition) is 5. The molecule has 0 aromatic carbocycles. The van der Waals surface area contributed by atoms with Crippen molar-refractivity contribution >= 4 is 25.7 Å². The summed E-state index contributed by atoms with van der Waals surface area (Å²) < 4.78 is 32.5. The molecule has 56 heavy (non-hydrogen) atoms. The van der Waals surface area contributed by atoms with Gasteiger partial charge in [-0.2, -0.15) is 0 Å². The molecule has 0 saturated heterocycles. The average molecular weight is 816 g/mol. The third kappa shape index (κ3) is 35.8. The number of allylic oxidation sites excluding steroid dienone is 5. The lowest BCUT2D eigenvalue weighted by atomic mass is 10.0. The molecule has 14 heteroatoms. The SMILES string of the molecule is CCCCC/C=C\C[C@@H](O)/C=C/C=C/C=C\[C@@H](O)CCCC(=O)OC[C@H](COP(=O)(O)OC[C@H](N)C(=O)O)OC(=O)CCCCCCCCCCCCCCC. The normalized spacial score (nSPS) is 15.4. The number of aliphatic hydroxyl groups excluding tert-OH is 2. The van der Waals surface area contributed by atoms with Crippen molar-refractivity contribution in [3.8, 4) is 0 Å². The third-order valence-electron chi connectivity index (χ3n) is 8.77. The fraction of sp³-hybridized carbons (Fsp3) is 0.738. The maximum Gasteiger partial charge on any atom is 0.472 e. The minimum atomic E-state index is -4.77. The first-order valence-corrected chi connectivity index (χ1v) is 22.4. The summed E-state index contributed by atoms with van der Waals surface area (Å²) in [6.45, 7) is 2.48. The van der Waals surface area contributed by atoms with Gasteiger partial charge in [0.05, 0.1) is 25.4 Å². The van der Waals surface area contributed by atoms with E-state index in [-0.39, 0.29) is 19.3 Å². The molecule has 1 unspecified atom stereocenters. The molecule has 0 heterocycles. The van der Waals surface area contributed by atoms with Crippen LogP contribution in [0.15, 0.2) is 48.6 Å². The van der Waals surface area contributed by atoms with Crippen molar-refractivity contribution in [2.75, 3.05) is 19.8 Å². The summed E-state index contributed by atoms with van der Waals surface area (Å²) >= 11 is 0. The first-order chi connectivity index (χ1) is 26.9. The van der Waals surface area contributed by atoms with E-state index in [1.165, 1.54) is 70.6 Å². The van der Waals surface area contributed by atoms with Crippen molar-refractivity contribution in [1.29, 1.82) is 0 Å². The number of carboxylic acid groups (broad SMARTS) is 1. The first-order valence-electron chi connectivity index (χ1n) is 20.9. The zero-order chi connectivity index (χ0) is 41.7. The van der Waals surface area contributed by atoms with Crippen molar-refractivity contribution in [2.45, 2.75) is 179 Å². The molecule has 0 aromatic rings. The molecule has 0 aliphatic carbocycles. The van der Waals surface area contributed by atoms with E-state index >= 15 is 0 Å². The molecule has 0 fully saturated rings. The van der Waals surface area contributed by atoms with E-state index in [9.17, 15) is 34.1 Å². The van der Waals surface area contributed by atoms with Crippen LogP contribution in [0.4, 0.5) is 0 Å². The monoisotopic (exact) mass is 815 g/mol. The largest absolute Gasteiger partial charge is 0.480 e. The lowest BCUT2D eigenvalue weighted by molar-refractivity contribution is -0.161. The highest BCUT2D eigenvalue weighted by Crippen LogP contribution is 2.43. The van der Waals surface area contributed by atoms with Crippen molar-refractivity contribution in [3.05, 3.63) is 48.6 Å². The van der Waals surface area contributed by atoms with E-state index in [4.69, 9.17) is 24.8 Å². The second kappa shape index (κ2) is 36.7. The van der Waals surface area contributed by atoms with Crippen LogP contribution < -0.4 is 5.73 Å². The van der Waals surface area contributed by atoms with Gasteiger partial charge in [0.15, 0.2) is 6.10 Å². The fourth-order valence-electron chi connectivity index (χ4n) is 5.38. The van der Waals surface area contributed by atoms with Crippen LogP contribution in [0.5, 0.6) is 0 Å². The summed E-state index contributed by atoms with van der Waals surface area (Å²) in [7, 11) is -4.77. The van der Waals surface area contributed by atoms with Gasteiger partial charge in [-0.1, -0.05) is 152 Å². The molecule has 0 bridgehead atoms. The van der Waals surface area contributed by atoms with Crippen LogP contribution in [0.1, 0.15) is 155 Å². The van der Waals surface area contributed by atoms with E-state index in [1.54, 1.807) is 36.5 Å². The number of aliphatic hydroxyl groups is 2. The molecule has 0 amide bonds. The van der Waals surface area contributed by atoms with Crippen molar-refractivity contribution in [1.82, 2.24) is 0 Å². The van der Waals surface area contributed by atoms with Crippen LogP contribution in [-0.2, 0) is 37.5 Å². The molecule has 13 nitrogen and oxygen atoms in total. The van der Waals surface area contributed by atoms with Gasteiger partial charge in [-0.25, -0.2) is 4.57 Å². The molecule has 0 aromatic heterocycles. The number of hydrogen-bond acceptors (Lipinski definition) is 11. The van der Waals surface area contributed by atoms with Gasteiger partial charge >= 0.3 is 25.7 Å². The Bertz CT molecular complexity index is 1170. The predicted molar refractivity (Wildman–Crippen MR) is 220 cm³/mol. The second-order valence-electron chi connectivity index (χ2n) is 14.2. The number of carbonyl (C=O) groups excluding carboxylic acids is 2. The van der Waals surface area contributed by atoms with Gasteiger partial charge < -0.3 is 35.4 Å². The highest BCUT2D eigenvalue weighted by atomic mass is 31.2. The maximum absolute atomic E-state index is 12.6. The highest BCUT2D eigenvalue weighted by Gasteiger charge is 2.28. The predicted octanol–water partition coefficient (Wildman–Crippen LogP) is 8.56. The van der Waals surface area contributed by atoms with Gasteiger partial charge in [-0.3, -0.25) is 23.4 Å². The van der Waals surface area contributed by atoms with Gasteiger partial charge in [0.2, 0.25) is 0 Å². The Labute approximate surface area is 336 Å². The summed E-state index contributed by atoms with van der Waals surface area (Å²) in [4.78, 5) is 45.9. The van der Waals surface area contributed by atoms with Crippen LogP contribution in [0.25, 0.3) is 0 Å². The molecular weight excluding hydrogens is 741 g/mol. The van der Waals surface area contributed by atoms with Gasteiger partial charge in [-0.15, -0.1) is 0 Å². The van der Waals surface area contributed by atoms with E-state index in [0.717, 1.165) is 32.1 Å². The number of phosphoric ester groups is 1. The lowest BCUT2D eigenvalue weighted by Gasteiger charge is -2.20. The third-order valence-corrected chi connectivity index (χ3v) is 9.72. The van der Waals surface area contributed by atoms with Crippen LogP contribution in [0.2, 0.25) is 0 Å². The topological polar surface area (TPSA) is 212 Å². The zero-order valence-electron chi connectivity index (χ0n) is 34.2. The number of carbonyl (C=O) groups is 3. The zero-order valence-corrected chi connectivity index (χ0v) is 35.1. The van der Waals surface area contributed by atoms with Crippen molar-refractivity contribution < 1.29 is 57.7 Å². The smallest absolute Gasteiger partial charge is 0.472 e. The minimum absolute atomic E-state index is 0.0381. The number of carboxylic acids is 1. The van der Waals surface area contributed by atoms with Gasteiger partial charge in [0, 0.05) is 12.8 Å². The Morgan fingerprint density at radius 2 is 1.16 bits per heavy atom. The van der Waals surface area contributed by atoms with E-state index in [2.05, 4.69) is 24.4 Å². The summed E-state index contributed by atoms with van der Waals surface area (Å²) in [5, 5.41) is 29.1. The number of rotatable bonds is 38. The molecule has 0 aliphatic rings. The summed E-state index contributed by atoms with van der Waals surface area (Å²) in [6, 6.07) is -1.56.